The van der Waals surface area contributed by atoms with Crippen molar-refractivity contribution in [2.45, 2.75) is 33.2 Å². The number of nitrogens with zero attached hydrogens (tertiary/aromatic N) is 3. The first-order valence-corrected chi connectivity index (χ1v) is 8.80. The van der Waals surface area contributed by atoms with Crippen molar-refractivity contribution in [3.8, 4) is 0 Å². The Balaban J connectivity index is 2.19. The summed E-state index contributed by atoms with van der Waals surface area (Å²) in [6.07, 6.45) is 1.21. The number of likely N-dealkylation sites (N-methyl/N-ethyl adjacent to an activating group) is 1. The molecule has 1 saturated heterocycles. The first kappa shape index (κ1) is 18.8. The van der Waals surface area contributed by atoms with Crippen molar-refractivity contribution < 1.29 is 0 Å². The van der Waals surface area contributed by atoms with Gasteiger partial charge in [0.1, 0.15) is 0 Å². The van der Waals surface area contributed by atoms with Gasteiger partial charge in [-0.15, -0.1) is 0 Å². The van der Waals surface area contributed by atoms with E-state index in [-0.39, 0.29) is 0 Å². The minimum atomic E-state index is 0.648. The van der Waals surface area contributed by atoms with Crippen LogP contribution in [0.15, 0.2) is 0 Å². The number of rotatable bonds is 11. The SMILES string of the molecule is CCNCCN1CCN(CCN(CCN)C(C)CC)CC1. The number of hydrogen-bond acceptors (Lipinski definition) is 5. The molecule has 1 rings (SSSR count). The zero-order chi connectivity index (χ0) is 15.5. The second kappa shape index (κ2) is 11.4. The van der Waals surface area contributed by atoms with Crippen LogP contribution in [0.2, 0.25) is 0 Å². The molecule has 0 aromatic carbocycles. The van der Waals surface area contributed by atoms with Crippen molar-refractivity contribution in [1.82, 2.24) is 20.0 Å². The third kappa shape index (κ3) is 7.56. The van der Waals surface area contributed by atoms with E-state index in [0.29, 0.717) is 6.04 Å². The van der Waals surface area contributed by atoms with Gasteiger partial charge in [0.05, 0.1) is 0 Å². The minimum Gasteiger partial charge on any atom is -0.329 e. The molecule has 1 aliphatic rings. The summed E-state index contributed by atoms with van der Waals surface area (Å²) in [6.45, 7) is 19.1. The Hall–Kier alpha value is -0.200. The summed E-state index contributed by atoms with van der Waals surface area (Å²) >= 11 is 0. The number of nitrogens with one attached hydrogen (secondary N) is 1. The van der Waals surface area contributed by atoms with Crippen molar-refractivity contribution in [2.75, 3.05) is 72.0 Å². The smallest absolute Gasteiger partial charge is 0.0113 e. The molecule has 0 bridgehead atoms. The highest BCUT2D eigenvalue weighted by atomic mass is 15.3. The molecule has 3 N–H and O–H groups in total. The molecule has 0 aromatic heterocycles. The molecule has 1 unspecified atom stereocenters. The molecular formula is C16H37N5. The molecule has 126 valence electrons. The van der Waals surface area contributed by atoms with Crippen molar-refractivity contribution >= 4 is 0 Å². The highest BCUT2D eigenvalue weighted by molar-refractivity contribution is 4.75. The normalized spacial score (nSPS) is 19.3. The zero-order valence-corrected chi connectivity index (χ0v) is 14.5. The molecule has 1 aliphatic heterocycles. The van der Waals surface area contributed by atoms with Crippen molar-refractivity contribution in [3.05, 3.63) is 0 Å². The third-order valence-corrected chi connectivity index (χ3v) is 4.65. The fourth-order valence-corrected chi connectivity index (χ4v) is 2.90. The molecular weight excluding hydrogens is 262 g/mol. The minimum absolute atomic E-state index is 0.648. The van der Waals surface area contributed by atoms with Crippen LogP contribution in [0.3, 0.4) is 0 Å². The van der Waals surface area contributed by atoms with Gasteiger partial charge < -0.3 is 11.1 Å². The van der Waals surface area contributed by atoms with Crippen LogP contribution < -0.4 is 11.1 Å². The Morgan fingerprint density at radius 3 is 2.19 bits per heavy atom. The summed E-state index contributed by atoms with van der Waals surface area (Å²) in [5, 5.41) is 3.41. The fourth-order valence-electron chi connectivity index (χ4n) is 2.90. The lowest BCUT2D eigenvalue weighted by Gasteiger charge is -2.36. The summed E-state index contributed by atoms with van der Waals surface area (Å²) in [4.78, 5) is 7.72. The molecule has 1 atom stereocenters. The molecule has 0 aromatic rings. The van der Waals surface area contributed by atoms with E-state index < -0.39 is 0 Å². The second-order valence-electron chi connectivity index (χ2n) is 6.12. The molecule has 0 saturated carbocycles. The average molecular weight is 300 g/mol. The molecule has 21 heavy (non-hydrogen) atoms. The maximum atomic E-state index is 5.74. The van der Waals surface area contributed by atoms with E-state index in [9.17, 15) is 0 Å². The van der Waals surface area contributed by atoms with Crippen LogP contribution in [0.5, 0.6) is 0 Å². The highest BCUT2D eigenvalue weighted by Gasteiger charge is 2.18. The number of hydrogen-bond donors (Lipinski definition) is 2. The van der Waals surface area contributed by atoms with Gasteiger partial charge in [0.25, 0.3) is 0 Å². The molecule has 0 amide bonds. The Morgan fingerprint density at radius 1 is 1.05 bits per heavy atom. The summed E-state index contributed by atoms with van der Waals surface area (Å²) in [6, 6.07) is 0.648. The van der Waals surface area contributed by atoms with Crippen molar-refractivity contribution in [3.63, 3.8) is 0 Å². The van der Waals surface area contributed by atoms with Crippen molar-refractivity contribution in [2.24, 2.45) is 5.73 Å². The Bertz CT molecular complexity index is 241. The fraction of sp³-hybridized carbons (Fsp3) is 1.00. The quantitative estimate of drug-likeness (QED) is 0.537. The highest BCUT2D eigenvalue weighted by Crippen LogP contribution is 2.05. The molecule has 0 radical (unpaired) electrons. The van der Waals surface area contributed by atoms with Gasteiger partial charge in [-0.1, -0.05) is 13.8 Å². The van der Waals surface area contributed by atoms with Crippen LogP contribution in [0, 0.1) is 0 Å². The molecule has 5 nitrogen and oxygen atoms in total. The lowest BCUT2D eigenvalue weighted by atomic mass is 10.2. The first-order valence-electron chi connectivity index (χ1n) is 8.80. The summed E-state index contributed by atoms with van der Waals surface area (Å²) in [7, 11) is 0. The monoisotopic (exact) mass is 299 g/mol. The van der Waals surface area contributed by atoms with Gasteiger partial charge in [-0.05, 0) is 19.9 Å². The maximum absolute atomic E-state index is 5.74. The largest absolute Gasteiger partial charge is 0.329 e. The zero-order valence-electron chi connectivity index (χ0n) is 14.5. The number of piperazine rings is 1. The van der Waals surface area contributed by atoms with Gasteiger partial charge in [-0.2, -0.15) is 0 Å². The molecule has 1 fully saturated rings. The Labute approximate surface area is 131 Å². The van der Waals surface area contributed by atoms with Gasteiger partial charge in [0.15, 0.2) is 0 Å². The van der Waals surface area contributed by atoms with E-state index in [1.807, 2.05) is 0 Å². The maximum Gasteiger partial charge on any atom is 0.0113 e. The molecule has 0 spiro atoms. The lowest BCUT2D eigenvalue weighted by Crippen LogP contribution is -2.50. The summed E-state index contributed by atoms with van der Waals surface area (Å²) in [5.41, 5.74) is 5.74. The predicted molar refractivity (Wildman–Crippen MR) is 91.8 cm³/mol. The van der Waals surface area contributed by atoms with Gasteiger partial charge in [-0.3, -0.25) is 14.7 Å². The van der Waals surface area contributed by atoms with Crippen LogP contribution in [0.4, 0.5) is 0 Å². The molecule has 1 heterocycles. The third-order valence-electron chi connectivity index (χ3n) is 4.65. The van der Waals surface area contributed by atoms with E-state index in [1.165, 1.54) is 45.7 Å². The van der Waals surface area contributed by atoms with E-state index in [0.717, 1.165) is 32.7 Å². The standard InChI is InChI=1S/C16H37N5/c1-4-16(3)21(8-6-17)15-14-20-12-10-19(11-13-20)9-7-18-5-2/h16,18H,4-15,17H2,1-3H3. The molecule has 0 aliphatic carbocycles. The van der Waals surface area contributed by atoms with E-state index >= 15 is 0 Å². The predicted octanol–water partition coefficient (Wildman–Crippen LogP) is 0.273. The van der Waals surface area contributed by atoms with Crippen LogP contribution in [-0.4, -0.2) is 92.7 Å². The van der Waals surface area contributed by atoms with Gasteiger partial charge >= 0.3 is 0 Å². The van der Waals surface area contributed by atoms with Crippen LogP contribution in [0.25, 0.3) is 0 Å². The average Bonchev–Trinajstić information content (AvgIpc) is 2.52. The summed E-state index contributed by atoms with van der Waals surface area (Å²) < 4.78 is 0. The summed E-state index contributed by atoms with van der Waals surface area (Å²) in [5.74, 6) is 0. The topological polar surface area (TPSA) is 47.8 Å². The van der Waals surface area contributed by atoms with Crippen molar-refractivity contribution in [1.29, 1.82) is 0 Å². The van der Waals surface area contributed by atoms with E-state index in [4.69, 9.17) is 5.73 Å². The Morgan fingerprint density at radius 2 is 1.67 bits per heavy atom. The van der Waals surface area contributed by atoms with E-state index in [1.54, 1.807) is 0 Å². The second-order valence-corrected chi connectivity index (χ2v) is 6.12. The lowest BCUT2D eigenvalue weighted by molar-refractivity contribution is 0.110. The van der Waals surface area contributed by atoms with Gasteiger partial charge in [0.2, 0.25) is 0 Å². The van der Waals surface area contributed by atoms with Crippen LogP contribution in [0.1, 0.15) is 27.2 Å². The number of nitrogens with two attached hydrogens (primary N) is 1. The Kier molecular flexibility index (Phi) is 10.2. The van der Waals surface area contributed by atoms with Crippen LogP contribution in [-0.2, 0) is 0 Å². The van der Waals surface area contributed by atoms with Crippen LogP contribution >= 0.6 is 0 Å². The molecule has 5 heteroatoms. The van der Waals surface area contributed by atoms with Gasteiger partial charge in [0, 0.05) is 71.5 Å². The first-order chi connectivity index (χ1) is 10.2. The van der Waals surface area contributed by atoms with Gasteiger partial charge in [-0.25, -0.2) is 0 Å². The van der Waals surface area contributed by atoms with E-state index in [2.05, 4.69) is 40.8 Å².